The molecule has 0 spiro atoms. The molecule has 2 atom stereocenters. The highest BCUT2D eigenvalue weighted by atomic mass is 32.1. The second kappa shape index (κ2) is 5.55. The van der Waals surface area contributed by atoms with Crippen LogP contribution in [0.4, 0.5) is 5.13 Å². The van der Waals surface area contributed by atoms with Gasteiger partial charge >= 0.3 is 0 Å². The minimum absolute atomic E-state index is 0.0502. The summed E-state index contributed by atoms with van der Waals surface area (Å²) in [5.41, 5.74) is 0.0502. The molecule has 4 heteroatoms. The van der Waals surface area contributed by atoms with Gasteiger partial charge in [0.25, 0.3) is 0 Å². The van der Waals surface area contributed by atoms with Crippen LogP contribution in [0.3, 0.4) is 0 Å². The predicted octanol–water partition coefficient (Wildman–Crippen LogP) is 4.07. The minimum Gasteiger partial charge on any atom is -0.360 e. The number of hydrogen-bond donors (Lipinski definition) is 1. The maximum absolute atomic E-state index is 4.59. The van der Waals surface area contributed by atoms with Gasteiger partial charge < -0.3 is 5.32 Å². The number of nitrogens with zero attached hydrogens (tertiary/aromatic N) is 2. The van der Waals surface area contributed by atoms with Gasteiger partial charge in [0.05, 0.1) is 0 Å². The summed E-state index contributed by atoms with van der Waals surface area (Å²) in [5.74, 6) is 2.61. The lowest BCUT2D eigenvalue weighted by Gasteiger charge is -2.28. The number of anilines is 1. The lowest BCUT2D eigenvalue weighted by atomic mass is 9.80. The van der Waals surface area contributed by atoms with Gasteiger partial charge in [-0.15, -0.1) is 0 Å². The summed E-state index contributed by atoms with van der Waals surface area (Å²) in [6.07, 6.45) is 5.54. The van der Waals surface area contributed by atoms with E-state index in [1.807, 2.05) is 0 Å². The molecular weight excluding hydrogens is 242 g/mol. The Morgan fingerprint density at radius 1 is 1.28 bits per heavy atom. The van der Waals surface area contributed by atoms with E-state index in [0.717, 1.165) is 29.3 Å². The molecule has 0 radical (unpaired) electrons. The van der Waals surface area contributed by atoms with Gasteiger partial charge in [-0.05, 0) is 18.3 Å². The van der Waals surface area contributed by atoms with Gasteiger partial charge in [0.15, 0.2) is 0 Å². The average molecular weight is 267 g/mol. The largest absolute Gasteiger partial charge is 0.360 e. The first-order chi connectivity index (χ1) is 8.47. The first kappa shape index (κ1) is 13.8. The van der Waals surface area contributed by atoms with Crippen molar-refractivity contribution in [3.05, 3.63) is 5.82 Å². The van der Waals surface area contributed by atoms with Gasteiger partial charge in [-0.2, -0.15) is 4.37 Å². The SMILES string of the molecule is CC1CCCCC1CNc1nc(C(C)(C)C)ns1. The van der Waals surface area contributed by atoms with Crippen LogP contribution in [0.15, 0.2) is 0 Å². The third-order valence-corrected chi connectivity index (χ3v) is 4.57. The van der Waals surface area contributed by atoms with Crippen molar-refractivity contribution in [3.8, 4) is 0 Å². The lowest BCUT2D eigenvalue weighted by Crippen LogP contribution is -2.24. The molecule has 1 aromatic rings. The van der Waals surface area contributed by atoms with Crippen LogP contribution in [-0.4, -0.2) is 15.9 Å². The normalized spacial score (nSPS) is 25.1. The van der Waals surface area contributed by atoms with E-state index in [4.69, 9.17) is 0 Å². The van der Waals surface area contributed by atoms with Gasteiger partial charge in [-0.1, -0.05) is 47.0 Å². The Bertz CT molecular complexity index is 381. The second-order valence-corrected chi connectivity index (χ2v) is 7.33. The van der Waals surface area contributed by atoms with Crippen LogP contribution in [0.25, 0.3) is 0 Å². The van der Waals surface area contributed by atoms with Gasteiger partial charge in [0.1, 0.15) is 5.82 Å². The molecule has 0 saturated heterocycles. The highest BCUT2D eigenvalue weighted by molar-refractivity contribution is 7.09. The summed E-state index contributed by atoms with van der Waals surface area (Å²) < 4.78 is 4.44. The van der Waals surface area contributed by atoms with Crippen molar-refractivity contribution >= 4 is 16.7 Å². The summed E-state index contributed by atoms with van der Waals surface area (Å²) in [4.78, 5) is 4.59. The number of nitrogens with one attached hydrogen (secondary N) is 1. The first-order valence-electron chi connectivity index (χ1n) is 7.05. The monoisotopic (exact) mass is 267 g/mol. The molecule has 1 aliphatic carbocycles. The molecule has 0 amide bonds. The first-order valence-corrected chi connectivity index (χ1v) is 7.82. The Labute approximate surface area is 115 Å². The average Bonchev–Trinajstić information content (AvgIpc) is 2.76. The predicted molar refractivity (Wildman–Crippen MR) is 78.2 cm³/mol. The molecule has 0 bridgehead atoms. The summed E-state index contributed by atoms with van der Waals surface area (Å²) in [5, 5.41) is 4.47. The van der Waals surface area contributed by atoms with Crippen molar-refractivity contribution in [1.29, 1.82) is 0 Å². The Kier molecular flexibility index (Phi) is 4.25. The zero-order valence-corrected chi connectivity index (χ0v) is 12.8. The molecule has 18 heavy (non-hydrogen) atoms. The van der Waals surface area contributed by atoms with Crippen molar-refractivity contribution in [1.82, 2.24) is 9.36 Å². The van der Waals surface area contributed by atoms with E-state index in [2.05, 4.69) is 42.4 Å². The molecule has 2 unspecified atom stereocenters. The number of aromatic nitrogens is 2. The number of hydrogen-bond acceptors (Lipinski definition) is 4. The quantitative estimate of drug-likeness (QED) is 0.897. The third-order valence-electron chi connectivity index (χ3n) is 3.90. The lowest BCUT2D eigenvalue weighted by molar-refractivity contribution is 0.268. The second-order valence-electron chi connectivity index (χ2n) is 6.58. The van der Waals surface area contributed by atoms with Crippen LogP contribution in [0.2, 0.25) is 0 Å². The van der Waals surface area contributed by atoms with Gasteiger partial charge in [-0.3, -0.25) is 0 Å². The molecule has 1 heterocycles. The molecule has 1 N–H and O–H groups in total. The van der Waals surface area contributed by atoms with Crippen molar-refractivity contribution in [2.75, 3.05) is 11.9 Å². The van der Waals surface area contributed by atoms with Gasteiger partial charge in [0.2, 0.25) is 5.13 Å². The van der Waals surface area contributed by atoms with Crippen molar-refractivity contribution in [3.63, 3.8) is 0 Å². The van der Waals surface area contributed by atoms with Crippen molar-refractivity contribution in [2.24, 2.45) is 11.8 Å². The Hall–Kier alpha value is -0.640. The van der Waals surface area contributed by atoms with E-state index in [9.17, 15) is 0 Å². The summed E-state index contributed by atoms with van der Waals surface area (Å²) in [6.45, 7) is 9.90. The van der Waals surface area contributed by atoms with Crippen LogP contribution in [0.1, 0.15) is 59.2 Å². The maximum Gasteiger partial charge on any atom is 0.202 e. The number of rotatable bonds is 3. The van der Waals surface area contributed by atoms with Crippen LogP contribution in [-0.2, 0) is 5.41 Å². The highest BCUT2D eigenvalue weighted by Gasteiger charge is 2.22. The van der Waals surface area contributed by atoms with E-state index in [1.54, 1.807) is 0 Å². The van der Waals surface area contributed by atoms with Crippen LogP contribution < -0.4 is 5.32 Å². The third kappa shape index (κ3) is 3.44. The van der Waals surface area contributed by atoms with Crippen molar-refractivity contribution < 1.29 is 0 Å². The fraction of sp³-hybridized carbons (Fsp3) is 0.857. The van der Waals surface area contributed by atoms with E-state index < -0.39 is 0 Å². The molecule has 2 rings (SSSR count). The molecule has 1 saturated carbocycles. The smallest absolute Gasteiger partial charge is 0.202 e. The maximum atomic E-state index is 4.59. The molecule has 1 aromatic heterocycles. The molecule has 3 nitrogen and oxygen atoms in total. The standard InChI is InChI=1S/C14H25N3S/c1-10-7-5-6-8-11(10)9-15-13-16-12(17-18-13)14(2,3)4/h10-11H,5-9H2,1-4H3,(H,15,16,17). The summed E-state index contributed by atoms with van der Waals surface area (Å²) in [6, 6.07) is 0. The molecule has 0 aromatic carbocycles. The van der Waals surface area contributed by atoms with Gasteiger partial charge in [-0.25, -0.2) is 4.98 Å². The summed E-state index contributed by atoms with van der Waals surface area (Å²) in [7, 11) is 0. The molecule has 1 fully saturated rings. The Morgan fingerprint density at radius 2 is 2.00 bits per heavy atom. The molecule has 102 valence electrons. The van der Waals surface area contributed by atoms with E-state index in [-0.39, 0.29) is 5.41 Å². The van der Waals surface area contributed by atoms with Crippen LogP contribution in [0, 0.1) is 11.8 Å². The molecule has 1 aliphatic rings. The van der Waals surface area contributed by atoms with Crippen molar-refractivity contribution in [2.45, 2.75) is 58.8 Å². The van der Waals surface area contributed by atoms with E-state index in [0.29, 0.717) is 0 Å². The van der Waals surface area contributed by atoms with E-state index >= 15 is 0 Å². The molecule has 0 aliphatic heterocycles. The van der Waals surface area contributed by atoms with Gasteiger partial charge in [0, 0.05) is 23.5 Å². The minimum atomic E-state index is 0.0502. The van der Waals surface area contributed by atoms with Crippen LogP contribution >= 0.6 is 11.5 Å². The van der Waals surface area contributed by atoms with E-state index in [1.165, 1.54) is 37.2 Å². The topological polar surface area (TPSA) is 37.8 Å². The highest BCUT2D eigenvalue weighted by Crippen LogP contribution is 2.30. The zero-order valence-electron chi connectivity index (χ0n) is 12.0. The van der Waals surface area contributed by atoms with Crippen LogP contribution in [0.5, 0.6) is 0 Å². The fourth-order valence-electron chi connectivity index (χ4n) is 2.51. The zero-order chi connectivity index (χ0) is 13.2. The Balaban J connectivity index is 1.88. The molecular formula is C14H25N3S. The fourth-order valence-corrected chi connectivity index (χ4v) is 3.28. The Morgan fingerprint density at radius 3 is 2.61 bits per heavy atom. The summed E-state index contributed by atoms with van der Waals surface area (Å²) >= 11 is 1.49.